The van der Waals surface area contributed by atoms with E-state index in [9.17, 15) is 5.11 Å². The second-order valence-electron chi connectivity index (χ2n) is 3.55. The molecule has 0 fully saturated rings. The Bertz CT molecular complexity index is 632. The van der Waals surface area contributed by atoms with E-state index >= 15 is 0 Å². The molecule has 0 aliphatic heterocycles. The lowest BCUT2D eigenvalue weighted by molar-refractivity contribution is 0.476. The normalized spacial score (nSPS) is 10.3. The lowest BCUT2D eigenvalue weighted by Crippen LogP contribution is -1.82. The SMILES string of the molecule is Clc1nc(Cl)c(Cl)c(Cl)c1Cl.Oc1c(Cl)c(Cl)c(Cl)c(Cl)c1Cl. The predicted octanol–water partition coefficient (Wildman–Crippen LogP) is 9.01. The second-order valence-corrected chi connectivity index (χ2v) is 7.29. The van der Waals surface area contributed by atoms with E-state index in [-0.39, 0.29) is 56.2 Å². The molecule has 126 valence electrons. The van der Waals surface area contributed by atoms with Crippen molar-refractivity contribution in [2.75, 3.05) is 0 Å². The first-order chi connectivity index (χ1) is 10.5. The quantitative estimate of drug-likeness (QED) is 0.215. The Balaban J connectivity index is 0.000000231. The van der Waals surface area contributed by atoms with Gasteiger partial charge in [-0.1, -0.05) is 116 Å². The standard InChI is InChI=1S/C6HCl5O.C5Cl5N/c7-1-2(8)4(10)6(12)5(11)3(1)9;6-1-2(7)4(9)11-5(10)3(1)8/h12H;. The summed E-state index contributed by atoms with van der Waals surface area (Å²) in [6, 6.07) is 0. The molecule has 23 heavy (non-hydrogen) atoms. The number of pyridine rings is 1. The number of hydrogen-bond acceptors (Lipinski definition) is 2. The third-order valence-electron chi connectivity index (χ3n) is 2.13. The molecule has 0 saturated heterocycles. The molecule has 0 unspecified atom stereocenters. The van der Waals surface area contributed by atoms with Crippen LogP contribution in [-0.2, 0) is 0 Å². The van der Waals surface area contributed by atoms with Crippen LogP contribution in [0.15, 0.2) is 0 Å². The Hall–Kier alpha value is 1.07. The molecule has 1 N–H and O–H groups in total. The molecule has 2 nitrogen and oxygen atoms in total. The summed E-state index contributed by atoms with van der Waals surface area (Å²) in [5.74, 6) is -0.363. The molecule has 0 saturated carbocycles. The number of aromatic nitrogens is 1. The van der Waals surface area contributed by atoms with Crippen LogP contribution >= 0.6 is 116 Å². The molecule has 0 aliphatic rings. The molecule has 2 rings (SSSR count). The van der Waals surface area contributed by atoms with Crippen LogP contribution in [0.25, 0.3) is 0 Å². The number of rotatable bonds is 0. The molecule has 2 aromatic rings. The molecule has 0 amide bonds. The molecule has 1 aromatic carbocycles. The van der Waals surface area contributed by atoms with E-state index < -0.39 is 0 Å². The van der Waals surface area contributed by atoms with Gasteiger partial charge in [0, 0.05) is 0 Å². The Morgan fingerprint density at radius 3 is 1.04 bits per heavy atom. The fourth-order valence-corrected chi connectivity index (χ4v) is 3.18. The predicted molar refractivity (Wildman–Crippen MR) is 102 cm³/mol. The van der Waals surface area contributed by atoms with Gasteiger partial charge in [0.15, 0.2) is 16.1 Å². The average Bonchev–Trinajstić information content (AvgIpc) is 2.53. The van der Waals surface area contributed by atoms with Crippen molar-refractivity contribution in [3.05, 3.63) is 50.5 Å². The van der Waals surface area contributed by atoms with Crippen molar-refractivity contribution < 1.29 is 5.11 Å². The minimum absolute atomic E-state index is 0.00904. The Morgan fingerprint density at radius 2 is 0.696 bits per heavy atom. The third kappa shape index (κ3) is 5.04. The molecule has 0 bridgehead atoms. The number of nitrogens with zero attached hydrogens (tertiary/aromatic N) is 1. The summed E-state index contributed by atoms with van der Waals surface area (Å²) in [6.07, 6.45) is 0. The highest BCUT2D eigenvalue weighted by molar-refractivity contribution is 6.56. The third-order valence-corrected chi connectivity index (χ3v) is 6.44. The van der Waals surface area contributed by atoms with E-state index in [0.717, 1.165) is 0 Å². The van der Waals surface area contributed by atoms with E-state index in [0.29, 0.717) is 0 Å². The number of aromatic hydroxyl groups is 1. The maximum Gasteiger partial charge on any atom is 0.155 e. The lowest BCUT2D eigenvalue weighted by Gasteiger charge is -2.06. The summed E-state index contributed by atoms with van der Waals surface area (Å²) in [5.41, 5.74) is 0. The number of hydrogen-bond donors (Lipinski definition) is 1. The van der Waals surface area contributed by atoms with Crippen LogP contribution < -0.4 is 0 Å². The van der Waals surface area contributed by atoms with Crippen molar-refractivity contribution in [3.8, 4) is 5.75 Å². The zero-order valence-electron chi connectivity index (χ0n) is 10.2. The Labute approximate surface area is 181 Å². The molecular formula is C11HCl10NO. The highest BCUT2D eigenvalue weighted by Gasteiger charge is 2.18. The fraction of sp³-hybridized carbons (Fsp3) is 0. The van der Waals surface area contributed by atoms with Gasteiger partial charge in [-0.15, -0.1) is 0 Å². The molecule has 1 heterocycles. The van der Waals surface area contributed by atoms with Crippen LogP contribution in [0.4, 0.5) is 0 Å². The number of halogens is 10. The van der Waals surface area contributed by atoms with Crippen molar-refractivity contribution in [2.24, 2.45) is 0 Å². The van der Waals surface area contributed by atoms with Gasteiger partial charge in [-0.05, 0) is 0 Å². The number of benzene rings is 1. The maximum atomic E-state index is 9.20. The Kier molecular flexibility index (Phi) is 8.78. The number of phenolic OH excluding ortho intramolecular Hbond substituents is 1. The molecule has 0 radical (unpaired) electrons. The highest BCUT2D eigenvalue weighted by atomic mass is 35.5. The van der Waals surface area contributed by atoms with E-state index in [1.165, 1.54) is 0 Å². The van der Waals surface area contributed by atoms with Crippen LogP contribution in [0.2, 0.25) is 50.5 Å². The van der Waals surface area contributed by atoms with Gasteiger partial charge in [0.25, 0.3) is 0 Å². The van der Waals surface area contributed by atoms with E-state index in [2.05, 4.69) is 4.98 Å². The van der Waals surface area contributed by atoms with Gasteiger partial charge < -0.3 is 5.11 Å². The summed E-state index contributed by atoms with van der Waals surface area (Å²) in [5, 5.41) is 9.46. The average molecular weight is 518 g/mol. The van der Waals surface area contributed by atoms with Crippen molar-refractivity contribution in [2.45, 2.75) is 0 Å². The largest absolute Gasteiger partial charge is 0.505 e. The first kappa shape index (κ1) is 22.1. The zero-order valence-corrected chi connectivity index (χ0v) is 17.7. The van der Waals surface area contributed by atoms with Crippen molar-refractivity contribution in [1.29, 1.82) is 0 Å². The van der Waals surface area contributed by atoms with Gasteiger partial charge in [-0.3, -0.25) is 0 Å². The summed E-state index contributed by atoms with van der Waals surface area (Å²) in [6.45, 7) is 0. The zero-order chi connectivity index (χ0) is 18.1. The van der Waals surface area contributed by atoms with E-state index in [1.54, 1.807) is 0 Å². The molecule has 0 atom stereocenters. The van der Waals surface area contributed by atoms with Crippen LogP contribution in [0.3, 0.4) is 0 Å². The van der Waals surface area contributed by atoms with Crippen molar-refractivity contribution in [3.63, 3.8) is 0 Å². The molecule has 1 aromatic heterocycles. The van der Waals surface area contributed by atoms with Crippen LogP contribution in [0.1, 0.15) is 0 Å². The lowest BCUT2D eigenvalue weighted by atomic mass is 10.3. The van der Waals surface area contributed by atoms with E-state index in [4.69, 9.17) is 116 Å². The molecule has 0 aliphatic carbocycles. The van der Waals surface area contributed by atoms with Gasteiger partial charge in [-0.2, -0.15) is 0 Å². The van der Waals surface area contributed by atoms with Crippen molar-refractivity contribution >= 4 is 116 Å². The maximum absolute atomic E-state index is 9.20. The molecular weight excluding hydrogens is 517 g/mol. The minimum Gasteiger partial charge on any atom is -0.505 e. The fourth-order valence-electron chi connectivity index (χ4n) is 1.06. The van der Waals surface area contributed by atoms with Gasteiger partial charge >= 0.3 is 0 Å². The minimum atomic E-state index is -0.363. The van der Waals surface area contributed by atoms with Gasteiger partial charge in [0.1, 0.15) is 10.0 Å². The first-order valence-electron chi connectivity index (χ1n) is 5.06. The number of phenols is 1. The molecule has 0 spiro atoms. The van der Waals surface area contributed by atoms with E-state index in [1.807, 2.05) is 0 Å². The summed E-state index contributed by atoms with van der Waals surface area (Å²) < 4.78 is 0. The first-order valence-corrected chi connectivity index (χ1v) is 8.84. The smallest absolute Gasteiger partial charge is 0.155 e. The van der Waals surface area contributed by atoms with Crippen LogP contribution in [0.5, 0.6) is 5.75 Å². The van der Waals surface area contributed by atoms with Gasteiger partial charge in [0.2, 0.25) is 0 Å². The Morgan fingerprint density at radius 1 is 0.435 bits per heavy atom. The van der Waals surface area contributed by atoms with Gasteiger partial charge in [-0.25, -0.2) is 4.98 Å². The second kappa shape index (κ2) is 9.14. The van der Waals surface area contributed by atoms with Crippen LogP contribution in [-0.4, -0.2) is 10.1 Å². The molecule has 12 heteroatoms. The van der Waals surface area contributed by atoms with Gasteiger partial charge in [0.05, 0.1) is 30.1 Å². The monoisotopic (exact) mass is 513 g/mol. The van der Waals surface area contributed by atoms with Crippen LogP contribution in [0, 0.1) is 0 Å². The summed E-state index contributed by atoms with van der Waals surface area (Å²) in [4.78, 5) is 3.62. The van der Waals surface area contributed by atoms with Crippen molar-refractivity contribution in [1.82, 2.24) is 4.98 Å². The summed E-state index contributed by atoms with van der Waals surface area (Å²) in [7, 11) is 0. The topological polar surface area (TPSA) is 33.1 Å². The summed E-state index contributed by atoms with van der Waals surface area (Å²) >= 11 is 55.7. The highest BCUT2D eigenvalue weighted by Crippen LogP contribution is 2.47.